The van der Waals surface area contributed by atoms with Crippen molar-refractivity contribution in [3.8, 4) is 5.75 Å². The summed E-state index contributed by atoms with van der Waals surface area (Å²) in [6, 6.07) is 17.4. The van der Waals surface area contributed by atoms with E-state index in [1.165, 1.54) is 40.9 Å². The molecule has 1 N–H and O–H groups in total. The van der Waals surface area contributed by atoms with Gasteiger partial charge in [-0.3, -0.25) is 9.69 Å². The lowest BCUT2D eigenvalue weighted by atomic mass is 10.2. The Labute approximate surface area is 204 Å². The molecule has 1 saturated heterocycles. The van der Waals surface area contributed by atoms with Crippen LogP contribution in [0.25, 0.3) is 6.08 Å². The third-order valence-electron chi connectivity index (χ3n) is 4.88. The van der Waals surface area contributed by atoms with Crippen LogP contribution in [0.4, 0.5) is 10.1 Å². The fraction of sp³-hybridized carbons (Fsp3) is 0.0800. The van der Waals surface area contributed by atoms with E-state index in [0.29, 0.717) is 32.1 Å². The highest BCUT2D eigenvalue weighted by Crippen LogP contribution is 2.34. The molecule has 3 aromatic carbocycles. The minimum Gasteiger partial charge on any atom is -0.487 e. The Morgan fingerprint density at radius 2 is 1.94 bits per heavy atom. The first-order valence-corrected chi connectivity index (χ1v) is 11.3. The fourth-order valence-corrected chi connectivity index (χ4v) is 4.32. The highest BCUT2D eigenvalue weighted by atomic mass is 35.5. The van der Waals surface area contributed by atoms with Crippen molar-refractivity contribution < 1.29 is 23.8 Å². The van der Waals surface area contributed by atoms with Gasteiger partial charge >= 0.3 is 5.97 Å². The summed E-state index contributed by atoms with van der Waals surface area (Å²) in [6.07, 6.45) is 1.70. The van der Waals surface area contributed by atoms with Crippen molar-refractivity contribution in [1.82, 2.24) is 4.90 Å². The molecule has 3 aromatic rings. The zero-order chi connectivity index (χ0) is 24.2. The second kappa shape index (κ2) is 10.1. The van der Waals surface area contributed by atoms with Crippen LogP contribution in [-0.4, -0.2) is 34.1 Å². The first-order chi connectivity index (χ1) is 16.3. The van der Waals surface area contributed by atoms with Crippen LogP contribution in [0.15, 0.2) is 76.6 Å². The lowest BCUT2D eigenvalue weighted by Gasteiger charge is -2.09. The molecule has 0 radical (unpaired) electrons. The summed E-state index contributed by atoms with van der Waals surface area (Å²) in [7, 11) is 1.61. The SMILES string of the molecule is CN1C(=O)/C(=C\c2ccc(OCc3ccc(F)cc3)c(Cl)c2)SC1=Nc1cccc(C(=O)O)c1. The van der Waals surface area contributed by atoms with Gasteiger partial charge in [0.25, 0.3) is 5.91 Å². The van der Waals surface area contributed by atoms with Gasteiger partial charge in [0.1, 0.15) is 18.2 Å². The van der Waals surface area contributed by atoms with Gasteiger partial charge in [0.2, 0.25) is 0 Å². The Bertz CT molecular complexity index is 1320. The number of aromatic carboxylic acids is 1. The van der Waals surface area contributed by atoms with Crippen molar-refractivity contribution in [2.75, 3.05) is 7.05 Å². The van der Waals surface area contributed by atoms with E-state index in [9.17, 15) is 14.0 Å². The van der Waals surface area contributed by atoms with E-state index in [4.69, 9.17) is 21.4 Å². The summed E-state index contributed by atoms with van der Waals surface area (Å²) >= 11 is 7.54. The van der Waals surface area contributed by atoms with E-state index in [-0.39, 0.29) is 23.9 Å². The second-order valence-electron chi connectivity index (χ2n) is 7.33. The molecule has 1 amide bonds. The van der Waals surface area contributed by atoms with Crippen molar-refractivity contribution >= 4 is 52.2 Å². The average molecular weight is 497 g/mol. The maximum absolute atomic E-state index is 13.0. The number of carboxylic acids is 1. The molecule has 0 bridgehead atoms. The molecule has 1 aliphatic heterocycles. The fourth-order valence-electron chi connectivity index (χ4n) is 3.09. The second-order valence-corrected chi connectivity index (χ2v) is 8.75. The lowest BCUT2D eigenvalue weighted by molar-refractivity contribution is -0.121. The van der Waals surface area contributed by atoms with Crippen molar-refractivity contribution in [3.63, 3.8) is 0 Å². The molecule has 6 nitrogen and oxygen atoms in total. The number of rotatable bonds is 6. The largest absolute Gasteiger partial charge is 0.487 e. The maximum Gasteiger partial charge on any atom is 0.335 e. The summed E-state index contributed by atoms with van der Waals surface area (Å²) < 4.78 is 18.8. The van der Waals surface area contributed by atoms with E-state index in [0.717, 1.165) is 5.56 Å². The molecular formula is C25H18ClFN2O4S. The van der Waals surface area contributed by atoms with E-state index < -0.39 is 5.97 Å². The Balaban J connectivity index is 1.49. The molecule has 1 heterocycles. The van der Waals surface area contributed by atoms with Crippen LogP contribution in [0.3, 0.4) is 0 Å². The number of likely N-dealkylation sites (N-methyl/N-ethyl adjacent to an activating group) is 1. The number of thioether (sulfide) groups is 1. The van der Waals surface area contributed by atoms with Gasteiger partial charge in [-0.05, 0) is 71.4 Å². The minimum absolute atomic E-state index is 0.117. The van der Waals surface area contributed by atoms with Gasteiger partial charge in [0.05, 0.1) is 21.2 Å². The Morgan fingerprint density at radius 3 is 2.65 bits per heavy atom. The third kappa shape index (κ3) is 5.47. The van der Waals surface area contributed by atoms with Crippen molar-refractivity contribution in [2.24, 2.45) is 4.99 Å². The molecule has 9 heteroatoms. The van der Waals surface area contributed by atoms with Crippen LogP contribution in [0, 0.1) is 5.82 Å². The summed E-state index contributed by atoms with van der Waals surface area (Å²) in [5, 5.41) is 9.96. The molecule has 0 atom stereocenters. The van der Waals surface area contributed by atoms with E-state index in [1.54, 1.807) is 55.6 Å². The highest BCUT2D eigenvalue weighted by Gasteiger charge is 2.30. The predicted molar refractivity (Wildman–Crippen MR) is 131 cm³/mol. The van der Waals surface area contributed by atoms with Crippen LogP contribution in [0.2, 0.25) is 5.02 Å². The van der Waals surface area contributed by atoms with Gasteiger partial charge in [0.15, 0.2) is 5.17 Å². The molecular weight excluding hydrogens is 479 g/mol. The number of carbonyl (C=O) groups excluding carboxylic acids is 1. The summed E-state index contributed by atoms with van der Waals surface area (Å²) in [5.41, 5.74) is 2.07. The number of hydrogen-bond acceptors (Lipinski definition) is 5. The number of amidine groups is 1. The van der Waals surface area contributed by atoms with Crippen LogP contribution >= 0.6 is 23.4 Å². The number of carbonyl (C=O) groups is 2. The number of aliphatic imine (C=N–C) groups is 1. The van der Waals surface area contributed by atoms with Gasteiger partial charge in [-0.25, -0.2) is 14.2 Å². The van der Waals surface area contributed by atoms with Crippen LogP contribution in [-0.2, 0) is 11.4 Å². The number of ether oxygens (including phenoxy) is 1. The summed E-state index contributed by atoms with van der Waals surface area (Å²) in [4.78, 5) is 30.2. The Kier molecular flexibility index (Phi) is 7.00. The number of nitrogens with zero attached hydrogens (tertiary/aromatic N) is 2. The molecule has 0 spiro atoms. The molecule has 0 unspecified atom stereocenters. The van der Waals surface area contributed by atoms with Gasteiger partial charge in [-0.2, -0.15) is 0 Å². The number of hydrogen-bond donors (Lipinski definition) is 1. The zero-order valence-electron chi connectivity index (χ0n) is 17.9. The summed E-state index contributed by atoms with van der Waals surface area (Å²) in [5.74, 6) is -1.12. The number of benzene rings is 3. The summed E-state index contributed by atoms with van der Waals surface area (Å²) in [6.45, 7) is 0.239. The first kappa shape index (κ1) is 23.5. The topological polar surface area (TPSA) is 79.2 Å². The van der Waals surface area contributed by atoms with Crippen molar-refractivity contribution in [2.45, 2.75) is 6.61 Å². The molecule has 1 fully saturated rings. The molecule has 0 aliphatic carbocycles. The predicted octanol–water partition coefficient (Wildman–Crippen LogP) is 5.99. The van der Waals surface area contributed by atoms with Gasteiger partial charge in [-0.1, -0.05) is 35.9 Å². The van der Waals surface area contributed by atoms with Crippen molar-refractivity contribution in [1.29, 1.82) is 0 Å². The number of halogens is 2. The normalized spacial score (nSPS) is 15.9. The molecule has 172 valence electrons. The van der Waals surface area contributed by atoms with Crippen molar-refractivity contribution in [3.05, 3.63) is 99.2 Å². The van der Waals surface area contributed by atoms with Gasteiger partial charge in [0, 0.05) is 7.05 Å². The van der Waals surface area contributed by atoms with E-state index >= 15 is 0 Å². The first-order valence-electron chi connectivity index (χ1n) is 10.1. The zero-order valence-corrected chi connectivity index (χ0v) is 19.4. The van der Waals surface area contributed by atoms with Crippen LogP contribution in [0.1, 0.15) is 21.5 Å². The number of amides is 1. The van der Waals surface area contributed by atoms with Gasteiger partial charge in [-0.15, -0.1) is 0 Å². The van der Waals surface area contributed by atoms with E-state index in [2.05, 4.69) is 4.99 Å². The average Bonchev–Trinajstić information content (AvgIpc) is 3.07. The Hall–Kier alpha value is -3.62. The quantitative estimate of drug-likeness (QED) is 0.424. The number of carboxylic acid groups (broad SMARTS) is 1. The van der Waals surface area contributed by atoms with E-state index in [1.807, 2.05) is 0 Å². The van der Waals surface area contributed by atoms with Crippen LogP contribution in [0.5, 0.6) is 5.75 Å². The Morgan fingerprint density at radius 1 is 1.18 bits per heavy atom. The van der Waals surface area contributed by atoms with Gasteiger partial charge < -0.3 is 9.84 Å². The lowest BCUT2D eigenvalue weighted by Crippen LogP contribution is -2.23. The molecule has 34 heavy (non-hydrogen) atoms. The standard InChI is InChI=1S/C25H18ClFN2O4S/c1-29-23(30)22(34-25(29)28-19-4-2-3-17(13-19)24(31)32)12-16-7-10-21(20(26)11-16)33-14-15-5-8-18(27)9-6-15/h2-13H,14H2,1H3,(H,31,32)/b22-12+,28-25?. The molecule has 0 aromatic heterocycles. The maximum atomic E-state index is 13.0. The molecule has 0 saturated carbocycles. The molecule has 1 aliphatic rings. The smallest absolute Gasteiger partial charge is 0.335 e. The minimum atomic E-state index is -1.05. The third-order valence-corrected chi connectivity index (χ3v) is 6.24. The monoisotopic (exact) mass is 496 g/mol. The highest BCUT2D eigenvalue weighted by molar-refractivity contribution is 8.18. The molecule has 4 rings (SSSR count). The van der Waals surface area contributed by atoms with Crippen LogP contribution < -0.4 is 4.74 Å².